The van der Waals surface area contributed by atoms with Gasteiger partial charge >= 0.3 is 0 Å². The number of rotatable bonds is 2. The minimum absolute atomic E-state index is 1.18. The lowest BCUT2D eigenvalue weighted by Crippen LogP contribution is -1.95. The molecule has 0 saturated carbocycles. The molecule has 0 unspecified atom stereocenters. The van der Waals surface area contributed by atoms with Gasteiger partial charge in [0.1, 0.15) is 0 Å². The Hall–Kier alpha value is -4.86. The molecule has 182 valence electrons. The van der Waals surface area contributed by atoms with Crippen LogP contribution in [-0.2, 0) is 0 Å². The summed E-state index contributed by atoms with van der Waals surface area (Å²) in [6, 6.07) is 46.5. The molecule has 0 fully saturated rings. The van der Waals surface area contributed by atoms with Gasteiger partial charge in [-0.15, -0.1) is 11.3 Å². The quantitative estimate of drug-likeness (QED) is 0.217. The van der Waals surface area contributed by atoms with E-state index in [0.717, 1.165) is 0 Å². The van der Waals surface area contributed by atoms with Gasteiger partial charge in [0.25, 0.3) is 0 Å². The lowest BCUT2D eigenvalue weighted by atomic mass is 10.0. The standard InChI is InChI=1S/C36H22N2S/c1-2-9-25(10-3-1)38-32-19-16-26(37-21-20-23-8-4-6-12-31(23)37)22-30(32)28-17-14-24-15-18-29-27-11-5-7-13-33(27)39-36(29)34(24)35(28)38/h1-22H. The van der Waals surface area contributed by atoms with E-state index in [0.29, 0.717) is 0 Å². The van der Waals surface area contributed by atoms with E-state index >= 15 is 0 Å². The Morgan fingerprint density at radius 1 is 0.487 bits per heavy atom. The fourth-order valence-corrected chi connectivity index (χ4v) is 7.64. The molecule has 3 heterocycles. The van der Waals surface area contributed by atoms with E-state index in [1.807, 2.05) is 11.3 Å². The molecule has 3 heteroatoms. The molecule has 0 aliphatic rings. The average molecular weight is 515 g/mol. The summed E-state index contributed by atoms with van der Waals surface area (Å²) < 4.78 is 7.46. The maximum atomic E-state index is 2.47. The zero-order chi connectivity index (χ0) is 25.5. The van der Waals surface area contributed by atoms with Crippen LogP contribution in [0.15, 0.2) is 134 Å². The Morgan fingerprint density at radius 2 is 1.28 bits per heavy atom. The summed E-state index contributed by atoms with van der Waals surface area (Å²) in [5, 5.41) is 9.08. The Balaban J connectivity index is 1.46. The Kier molecular flexibility index (Phi) is 4.24. The van der Waals surface area contributed by atoms with E-state index in [-0.39, 0.29) is 0 Å². The number of aromatic nitrogens is 2. The lowest BCUT2D eigenvalue weighted by Gasteiger charge is -2.11. The molecule has 39 heavy (non-hydrogen) atoms. The molecule has 0 saturated heterocycles. The zero-order valence-electron chi connectivity index (χ0n) is 21.0. The maximum Gasteiger partial charge on any atom is 0.0633 e. The molecule has 9 aromatic rings. The minimum Gasteiger partial charge on any atom is -0.317 e. The van der Waals surface area contributed by atoms with E-state index in [4.69, 9.17) is 0 Å². The number of hydrogen-bond acceptors (Lipinski definition) is 1. The first-order valence-corrected chi connectivity index (χ1v) is 14.1. The minimum atomic E-state index is 1.18. The van der Waals surface area contributed by atoms with E-state index in [1.165, 1.54) is 75.0 Å². The van der Waals surface area contributed by atoms with Crippen LogP contribution in [0.5, 0.6) is 0 Å². The van der Waals surface area contributed by atoms with Crippen LogP contribution in [0.4, 0.5) is 0 Å². The van der Waals surface area contributed by atoms with Crippen molar-refractivity contribution in [3.8, 4) is 11.4 Å². The third-order valence-corrected chi connectivity index (χ3v) is 9.33. The first-order valence-electron chi connectivity index (χ1n) is 13.3. The summed E-state index contributed by atoms with van der Waals surface area (Å²) in [6.45, 7) is 0. The van der Waals surface area contributed by atoms with Crippen molar-refractivity contribution in [2.24, 2.45) is 0 Å². The second kappa shape index (κ2) is 7.83. The fourth-order valence-electron chi connectivity index (χ4n) is 6.38. The van der Waals surface area contributed by atoms with Crippen LogP contribution in [-0.4, -0.2) is 9.13 Å². The Morgan fingerprint density at radius 3 is 2.21 bits per heavy atom. The number of para-hydroxylation sites is 2. The Bertz CT molecular complexity index is 2390. The second-order valence-corrected chi connectivity index (χ2v) is 11.3. The highest BCUT2D eigenvalue weighted by Crippen LogP contribution is 2.44. The van der Waals surface area contributed by atoms with Crippen molar-refractivity contribution in [2.75, 3.05) is 0 Å². The van der Waals surface area contributed by atoms with Gasteiger partial charge in [0.05, 0.1) is 16.6 Å². The van der Waals surface area contributed by atoms with Crippen molar-refractivity contribution in [3.63, 3.8) is 0 Å². The number of hydrogen-bond donors (Lipinski definition) is 0. The smallest absolute Gasteiger partial charge is 0.0633 e. The van der Waals surface area contributed by atoms with Gasteiger partial charge in [-0.25, -0.2) is 0 Å². The van der Waals surface area contributed by atoms with Crippen LogP contribution in [0.3, 0.4) is 0 Å². The topological polar surface area (TPSA) is 9.86 Å². The van der Waals surface area contributed by atoms with Crippen molar-refractivity contribution in [3.05, 3.63) is 134 Å². The molecule has 0 spiro atoms. The zero-order valence-corrected chi connectivity index (χ0v) is 21.8. The highest BCUT2D eigenvalue weighted by Gasteiger charge is 2.19. The number of benzene rings is 6. The van der Waals surface area contributed by atoms with Gasteiger partial charge in [-0.3, -0.25) is 0 Å². The molecular formula is C36H22N2S. The molecular weight excluding hydrogens is 492 g/mol. The van der Waals surface area contributed by atoms with Crippen molar-refractivity contribution < 1.29 is 0 Å². The molecule has 9 rings (SSSR count). The average Bonchev–Trinajstić information content (AvgIpc) is 3.69. The third kappa shape index (κ3) is 2.91. The summed E-state index contributed by atoms with van der Waals surface area (Å²) in [5.74, 6) is 0. The predicted molar refractivity (Wildman–Crippen MR) is 168 cm³/mol. The molecule has 2 nitrogen and oxygen atoms in total. The monoisotopic (exact) mass is 514 g/mol. The first kappa shape index (κ1) is 21.1. The fraction of sp³-hybridized carbons (Fsp3) is 0. The first-order chi connectivity index (χ1) is 19.3. The van der Waals surface area contributed by atoms with Crippen molar-refractivity contribution in [2.45, 2.75) is 0 Å². The van der Waals surface area contributed by atoms with Gasteiger partial charge in [-0.1, -0.05) is 78.9 Å². The summed E-state index contributed by atoms with van der Waals surface area (Å²) in [7, 11) is 0. The number of thiophene rings is 1. The Labute approximate surface area is 228 Å². The molecule has 0 atom stereocenters. The highest BCUT2D eigenvalue weighted by molar-refractivity contribution is 7.26. The van der Waals surface area contributed by atoms with Gasteiger partial charge in [0, 0.05) is 53.9 Å². The van der Waals surface area contributed by atoms with E-state index in [2.05, 4.69) is 143 Å². The van der Waals surface area contributed by atoms with Gasteiger partial charge in [0.2, 0.25) is 0 Å². The van der Waals surface area contributed by atoms with Crippen molar-refractivity contribution in [1.82, 2.24) is 9.13 Å². The highest BCUT2D eigenvalue weighted by atomic mass is 32.1. The third-order valence-electron chi connectivity index (χ3n) is 8.13. The van der Waals surface area contributed by atoms with Crippen LogP contribution < -0.4 is 0 Å². The van der Waals surface area contributed by atoms with E-state index < -0.39 is 0 Å². The molecule has 0 N–H and O–H groups in total. The second-order valence-electron chi connectivity index (χ2n) is 10.2. The molecule has 3 aromatic heterocycles. The molecule has 0 radical (unpaired) electrons. The SMILES string of the molecule is c1ccc(-n2c3ccc(-n4ccc5ccccc54)cc3c3ccc4ccc5c6ccccc6sc5c4c32)cc1. The summed E-state index contributed by atoms with van der Waals surface area (Å²) in [5.41, 5.74) is 6.08. The molecule has 0 aliphatic carbocycles. The summed E-state index contributed by atoms with van der Waals surface area (Å²) in [6.07, 6.45) is 2.18. The van der Waals surface area contributed by atoms with Gasteiger partial charge in [-0.2, -0.15) is 0 Å². The largest absolute Gasteiger partial charge is 0.317 e. The van der Waals surface area contributed by atoms with Gasteiger partial charge in [-0.05, 0) is 59.3 Å². The summed E-state index contributed by atoms with van der Waals surface area (Å²) >= 11 is 1.90. The van der Waals surface area contributed by atoms with E-state index in [9.17, 15) is 0 Å². The van der Waals surface area contributed by atoms with Crippen molar-refractivity contribution >= 4 is 75.0 Å². The maximum absolute atomic E-state index is 2.47. The van der Waals surface area contributed by atoms with Crippen LogP contribution in [0.1, 0.15) is 0 Å². The summed E-state index contributed by atoms with van der Waals surface area (Å²) in [4.78, 5) is 0. The molecule has 0 aliphatic heterocycles. The molecule has 0 bridgehead atoms. The van der Waals surface area contributed by atoms with Gasteiger partial charge in [0.15, 0.2) is 0 Å². The predicted octanol–water partition coefficient (Wildman–Crippen LogP) is 10.2. The van der Waals surface area contributed by atoms with Crippen LogP contribution >= 0.6 is 11.3 Å². The van der Waals surface area contributed by atoms with Gasteiger partial charge < -0.3 is 9.13 Å². The van der Waals surface area contributed by atoms with Crippen LogP contribution in [0.2, 0.25) is 0 Å². The van der Waals surface area contributed by atoms with E-state index in [1.54, 1.807) is 0 Å². The number of nitrogens with zero attached hydrogens (tertiary/aromatic N) is 2. The normalized spacial score (nSPS) is 12.1. The number of fused-ring (bicyclic) bond motifs is 10. The van der Waals surface area contributed by atoms with Crippen LogP contribution in [0, 0.1) is 0 Å². The molecule has 0 amide bonds. The molecule has 6 aromatic carbocycles. The van der Waals surface area contributed by atoms with Crippen LogP contribution in [0.25, 0.3) is 75.0 Å². The lowest BCUT2D eigenvalue weighted by molar-refractivity contribution is 1.13. The van der Waals surface area contributed by atoms with Crippen molar-refractivity contribution in [1.29, 1.82) is 0 Å².